The van der Waals surface area contributed by atoms with Crippen LogP contribution in [0.25, 0.3) is 0 Å². The number of carbonyl (C=O) groups is 2. The molecule has 2 N–H and O–H groups in total. The standard InChI is InChI=1S/C13H16N2O3S/c1-4-6-14-8-11(16)15-12-10(7-9(3)19-12)13(17)18-5-2/h1,7,14H,5-6,8H2,2-3H3,(H,15,16). The molecule has 19 heavy (non-hydrogen) atoms. The molecule has 0 aliphatic rings. The minimum atomic E-state index is -0.432. The molecule has 1 aromatic rings. The lowest BCUT2D eigenvalue weighted by atomic mass is 10.3. The second-order valence-electron chi connectivity index (χ2n) is 3.68. The summed E-state index contributed by atoms with van der Waals surface area (Å²) in [6.45, 7) is 4.31. The number of hydrogen-bond acceptors (Lipinski definition) is 5. The molecule has 0 aromatic carbocycles. The average molecular weight is 280 g/mol. The van der Waals surface area contributed by atoms with E-state index in [1.165, 1.54) is 11.3 Å². The van der Waals surface area contributed by atoms with Crippen LogP contribution in [0.15, 0.2) is 6.07 Å². The van der Waals surface area contributed by atoms with Crippen LogP contribution >= 0.6 is 11.3 Å². The highest BCUT2D eigenvalue weighted by atomic mass is 32.1. The largest absolute Gasteiger partial charge is 0.462 e. The maximum absolute atomic E-state index is 11.7. The van der Waals surface area contributed by atoms with E-state index in [-0.39, 0.29) is 12.5 Å². The van der Waals surface area contributed by atoms with Crippen LogP contribution < -0.4 is 10.6 Å². The van der Waals surface area contributed by atoms with E-state index in [0.29, 0.717) is 23.7 Å². The Morgan fingerprint density at radius 3 is 2.89 bits per heavy atom. The van der Waals surface area contributed by atoms with Gasteiger partial charge in [-0.1, -0.05) is 5.92 Å². The van der Waals surface area contributed by atoms with Crippen molar-refractivity contribution >= 4 is 28.2 Å². The van der Waals surface area contributed by atoms with E-state index in [1.54, 1.807) is 13.0 Å². The van der Waals surface area contributed by atoms with E-state index in [9.17, 15) is 9.59 Å². The number of hydrogen-bond donors (Lipinski definition) is 2. The number of carbonyl (C=O) groups excluding carboxylic acids is 2. The van der Waals surface area contributed by atoms with E-state index in [1.807, 2.05) is 6.92 Å². The molecule has 0 spiro atoms. The Morgan fingerprint density at radius 2 is 2.26 bits per heavy atom. The smallest absolute Gasteiger partial charge is 0.341 e. The van der Waals surface area contributed by atoms with E-state index in [4.69, 9.17) is 11.2 Å². The number of rotatable bonds is 6. The van der Waals surface area contributed by atoms with Crippen molar-refractivity contribution in [3.8, 4) is 12.3 Å². The molecule has 0 aliphatic heterocycles. The van der Waals surface area contributed by atoms with Crippen LogP contribution in [0.4, 0.5) is 5.00 Å². The number of esters is 1. The summed E-state index contributed by atoms with van der Waals surface area (Å²) < 4.78 is 4.94. The molecule has 0 fully saturated rings. The first-order chi connectivity index (χ1) is 9.08. The lowest BCUT2D eigenvalue weighted by Crippen LogP contribution is -2.28. The molecule has 102 valence electrons. The number of nitrogens with one attached hydrogen (secondary N) is 2. The second-order valence-corrected chi connectivity index (χ2v) is 4.93. The van der Waals surface area contributed by atoms with Crippen LogP contribution in [0, 0.1) is 19.3 Å². The molecule has 0 unspecified atom stereocenters. The highest BCUT2D eigenvalue weighted by molar-refractivity contribution is 7.16. The molecule has 0 atom stereocenters. The zero-order chi connectivity index (χ0) is 14.3. The zero-order valence-corrected chi connectivity index (χ0v) is 11.7. The van der Waals surface area contributed by atoms with Gasteiger partial charge in [0, 0.05) is 4.88 Å². The summed E-state index contributed by atoms with van der Waals surface area (Å²) in [7, 11) is 0. The predicted molar refractivity (Wildman–Crippen MR) is 75.3 cm³/mol. The van der Waals surface area contributed by atoms with Gasteiger partial charge in [0.15, 0.2) is 0 Å². The van der Waals surface area contributed by atoms with Gasteiger partial charge in [0.1, 0.15) is 5.00 Å². The van der Waals surface area contributed by atoms with Gasteiger partial charge in [-0.05, 0) is 19.9 Å². The minimum Gasteiger partial charge on any atom is -0.462 e. The van der Waals surface area contributed by atoms with Gasteiger partial charge in [-0.15, -0.1) is 17.8 Å². The molecule has 0 saturated heterocycles. The van der Waals surface area contributed by atoms with Crippen molar-refractivity contribution in [1.29, 1.82) is 0 Å². The Morgan fingerprint density at radius 1 is 1.53 bits per heavy atom. The molecule has 0 radical (unpaired) electrons. The third-order valence-corrected chi connectivity index (χ3v) is 3.08. The van der Waals surface area contributed by atoms with Crippen molar-refractivity contribution < 1.29 is 14.3 Å². The first-order valence-electron chi connectivity index (χ1n) is 5.80. The fourth-order valence-corrected chi connectivity index (χ4v) is 2.30. The van der Waals surface area contributed by atoms with Gasteiger partial charge >= 0.3 is 5.97 Å². The van der Waals surface area contributed by atoms with Crippen LogP contribution in [0.5, 0.6) is 0 Å². The van der Waals surface area contributed by atoms with Gasteiger partial charge in [0.25, 0.3) is 0 Å². The van der Waals surface area contributed by atoms with Crippen LogP contribution in [0.1, 0.15) is 22.2 Å². The Labute approximate surface area is 116 Å². The van der Waals surface area contributed by atoms with Gasteiger partial charge in [-0.3, -0.25) is 10.1 Å². The molecular formula is C13H16N2O3S. The van der Waals surface area contributed by atoms with Gasteiger partial charge < -0.3 is 10.1 Å². The number of ether oxygens (including phenoxy) is 1. The number of anilines is 1. The summed E-state index contributed by atoms with van der Waals surface area (Å²) in [5.74, 6) is 1.70. The van der Waals surface area contributed by atoms with E-state index >= 15 is 0 Å². The van der Waals surface area contributed by atoms with Crippen LogP contribution in [-0.2, 0) is 9.53 Å². The maximum atomic E-state index is 11.7. The fraction of sp³-hybridized carbons (Fsp3) is 0.385. The Kier molecular flexibility index (Phi) is 6.06. The lowest BCUT2D eigenvalue weighted by molar-refractivity contribution is -0.115. The maximum Gasteiger partial charge on any atom is 0.341 e. The SMILES string of the molecule is C#CCNCC(=O)Nc1sc(C)cc1C(=O)OCC. The molecule has 1 rings (SSSR count). The Balaban J connectivity index is 2.70. The van der Waals surface area contributed by atoms with Gasteiger partial charge in [0.2, 0.25) is 5.91 Å². The molecule has 1 amide bonds. The van der Waals surface area contributed by atoms with Crippen LogP contribution in [0.3, 0.4) is 0 Å². The third kappa shape index (κ3) is 4.73. The van der Waals surface area contributed by atoms with E-state index < -0.39 is 5.97 Å². The lowest BCUT2D eigenvalue weighted by Gasteiger charge is -2.06. The summed E-state index contributed by atoms with van der Waals surface area (Å²) in [6.07, 6.45) is 5.06. The topological polar surface area (TPSA) is 67.4 Å². The number of terminal acetylenes is 1. The Bertz CT molecular complexity index is 502. The fourth-order valence-electron chi connectivity index (χ4n) is 1.39. The normalized spacial score (nSPS) is 9.74. The van der Waals surface area contributed by atoms with Gasteiger partial charge in [0.05, 0.1) is 25.3 Å². The number of aryl methyl sites for hydroxylation is 1. The molecule has 0 saturated carbocycles. The number of thiophene rings is 1. The summed E-state index contributed by atoms with van der Waals surface area (Å²) in [6, 6.07) is 1.70. The molecule has 6 heteroatoms. The predicted octanol–water partition coefficient (Wildman–Crippen LogP) is 1.39. The van der Waals surface area contributed by atoms with E-state index in [0.717, 1.165) is 4.88 Å². The van der Waals surface area contributed by atoms with Crippen molar-refractivity contribution in [3.05, 3.63) is 16.5 Å². The average Bonchev–Trinajstić information content (AvgIpc) is 2.71. The second kappa shape index (κ2) is 7.56. The minimum absolute atomic E-state index is 0.101. The first kappa shape index (κ1) is 15.2. The molecular weight excluding hydrogens is 264 g/mol. The quantitative estimate of drug-likeness (QED) is 0.469. The monoisotopic (exact) mass is 280 g/mol. The van der Waals surface area contributed by atoms with Gasteiger partial charge in [-0.25, -0.2) is 4.79 Å². The molecule has 5 nitrogen and oxygen atoms in total. The summed E-state index contributed by atoms with van der Waals surface area (Å²) in [4.78, 5) is 24.3. The van der Waals surface area contributed by atoms with Crippen LogP contribution in [0.2, 0.25) is 0 Å². The van der Waals surface area contributed by atoms with Crippen molar-refractivity contribution in [2.45, 2.75) is 13.8 Å². The van der Waals surface area contributed by atoms with E-state index in [2.05, 4.69) is 16.6 Å². The highest BCUT2D eigenvalue weighted by Gasteiger charge is 2.17. The van der Waals surface area contributed by atoms with Crippen molar-refractivity contribution in [3.63, 3.8) is 0 Å². The molecule has 0 bridgehead atoms. The van der Waals surface area contributed by atoms with Crippen molar-refractivity contribution in [2.75, 3.05) is 25.0 Å². The molecule has 0 aliphatic carbocycles. The highest BCUT2D eigenvalue weighted by Crippen LogP contribution is 2.28. The Hall–Kier alpha value is -1.84. The summed E-state index contributed by atoms with van der Waals surface area (Å²) in [5.41, 5.74) is 0.384. The summed E-state index contributed by atoms with van der Waals surface area (Å²) in [5, 5.41) is 5.96. The van der Waals surface area contributed by atoms with Crippen molar-refractivity contribution in [2.24, 2.45) is 0 Å². The molecule has 1 heterocycles. The van der Waals surface area contributed by atoms with Gasteiger partial charge in [-0.2, -0.15) is 0 Å². The number of amides is 1. The first-order valence-corrected chi connectivity index (χ1v) is 6.61. The molecule has 1 aromatic heterocycles. The third-order valence-electron chi connectivity index (χ3n) is 2.12. The van der Waals surface area contributed by atoms with Crippen molar-refractivity contribution in [1.82, 2.24) is 5.32 Å². The summed E-state index contributed by atoms with van der Waals surface area (Å²) >= 11 is 1.34. The van der Waals surface area contributed by atoms with Crippen LogP contribution in [-0.4, -0.2) is 31.6 Å². The zero-order valence-electron chi connectivity index (χ0n) is 10.9.